The van der Waals surface area contributed by atoms with Gasteiger partial charge < -0.3 is 0 Å². The number of hydrogen-bond acceptors (Lipinski definition) is 4. The Morgan fingerprint density at radius 3 is 1.60 bits per heavy atom. The molecule has 20 heavy (non-hydrogen) atoms. The molecule has 2 aromatic carbocycles. The standard InChI is InChI=1S/C13H9BrN2O4/c14-13(9-3-1-5-11(7-9)15(17)18)10-4-2-6-12(8-10)16(19)20/h1-8,13H. The van der Waals surface area contributed by atoms with Crippen molar-refractivity contribution >= 4 is 27.3 Å². The summed E-state index contributed by atoms with van der Waals surface area (Å²) in [5.41, 5.74) is 1.30. The van der Waals surface area contributed by atoms with E-state index in [4.69, 9.17) is 0 Å². The van der Waals surface area contributed by atoms with Gasteiger partial charge in [-0.15, -0.1) is 0 Å². The third kappa shape index (κ3) is 3.00. The summed E-state index contributed by atoms with van der Waals surface area (Å²) >= 11 is 3.42. The first-order valence-corrected chi connectivity index (χ1v) is 6.53. The van der Waals surface area contributed by atoms with E-state index in [0.29, 0.717) is 11.1 Å². The van der Waals surface area contributed by atoms with Crippen molar-refractivity contribution in [1.82, 2.24) is 0 Å². The van der Waals surface area contributed by atoms with Crippen LogP contribution in [0, 0.1) is 20.2 Å². The maximum Gasteiger partial charge on any atom is 0.269 e. The van der Waals surface area contributed by atoms with E-state index in [0.717, 1.165) is 0 Å². The Labute approximate surface area is 122 Å². The molecule has 6 nitrogen and oxygen atoms in total. The van der Waals surface area contributed by atoms with Gasteiger partial charge in [-0.05, 0) is 11.1 Å². The van der Waals surface area contributed by atoms with Crippen LogP contribution in [0.1, 0.15) is 16.0 Å². The van der Waals surface area contributed by atoms with Gasteiger partial charge in [-0.25, -0.2) is 0 Å². The molecule has 0 bridgehead atoms. The Bertz CT molecular complexity index is 617. The highest BCUT2D eigenvalue weighted by Gasteiger charge is 2.16. The first kappa shape index (κ1) is 14.1. The Morgan fingerprint density at radius 1 is 0.850 bits per heavy atom. The Hall–Kier alpha value is -2.28. The highest BCUT2D eigenvalue weighted by Crippen LogP contribution is 2.33. The van der Waals surface area contributed by atoms with E-state index < -0.39 is 9.85 Å². The minimum Gasteiger partial charge on any atom is -0.258 e. The lowest BCUT2D eigenvalue weighted by Gasteiger charge is -2.10. The Kier molecular flexibility index (Phi) is 4.09. The van der Waals surface area contributed by atoms with Crippen LogP contribution in [0.3, 0.4) is 0 Å². The van der Waals surface area contributed by atoms with Crippen molar-refractivity contribution in [2.75, 3.05) is 0 Å². The van der Waals surface area contributed by atoms with Gasteiger partial charge in [0.05, 0.1) is 14.7 Å². The van der Waals surface area contributed by atoms with Crippen molar-refractivity contribution in [1.29, 1.82) is 0 Å². The number of nitrogens with zero attached hydrogens (tertiary/aromatic N) is 2. The van der Waals surface area contributed by atoms with E-state index in [1.54, 1.807) is 24.3 Å². The fourth-order valence-electron chi connectivity index (χ4n) is 1.78. The molecule has 0 aliphatic heterocycles. The SMILES string of the molecule is O=[N+]([O-])c1cccc(C(Br)c2cccc([N+](=O)[O-])c2)c1. The average molecular weight is 337 g/mol. The molecule has 0 atom stereocenters. The third-order valence-electron chi connectivity index (χ3n) is 2.75. The minimum atomic E-state index is -0.476. The number of alkyl halides is 1. The van der Waals surface area contributed by atoms with Gasteiger partial charge in [0.1, 0.15) is 0 Å². The smallest absolute Gasteiger partial charge is 0.258 e. The van der Waals surface area contributed by atoms with Gasteiger partial charge in [0.2, 0.25) is 0 Å². The number of non-ortho nitro benzene ring substituents is 2. The van der Waals surface area contributed by atoms with Gasteiger partial charge in [0, 0.05) is 24.3 Å². The molecule has 0 fully saturated rings. The lowest BCUT2D eigenvalue weighted by molar-refractivity contribution is -0.385. The predicted molar refractivity (Wildman–Crippen MR) is 77.0 cm³/mol. The number of nitro groups is 2. The molecule has 0 saturated carbocycles. The molecule has 0 heterocycles. The van der Waals surface area contributed by atoms with Crippen molar-refractivity contribution in [3.8, 4) is 0 Å². The van der Waals surface area contributed by atoms with Crippen molar-refractivity contribution in [2.45, 2.75) is 4.83 Å². The van der Waals surface area contributed by atoms with Gasteiger partial charge in [0.15, 0.2) is 0 Å². The van der Waals surface area contributed by atoms with Crippen LogP contribution < -0.4 is 0 Å². The number of benzene rings is 2. The zero-order valence-corrected chi connectivity index (χ0v) is 11.7. The molecular formula is C13H9BrN2O4. The van der Waals surface area contributed by atoms with Crippen LogP contribution in [0.25, 0.3) is 0 Å². The second kappa shape index (κ2) is 5.79. The molecule has 0 amide bonds. The molecule has 0 aliphatic carbocycles. The van der Waals surface area contributed by atoms with Gasteiger partial charge in [-0.3, -0.25) is 20.2 Å². The first-order chi connectivity index (χ1) is 9.49. The van der Waals surface area contributed by atoms with Gasteiger partial charge in [0.25, 0.3) is 11.4 Å². The van der Waals surface area contributed by atoms with E-state index in [1.165, 1.54) is 24.3 Å². The quantitative estimate of drug-likeness (QED) is 0.479. The summed E-state index contributed by atoms with van der Waals surface area (Å²) in [6.07, 6.45) is 0. The number of nitro benzene ring substituents is 2. The summed E-state index contributed by atoms with van der Waals surface area (Å²) in [5, 5.41) is 21.5. The molecular weight excluding hydrogens is 328 g/mol. The molecule has 2 rings (SSSR count). The topological polar surface area (TPSA) is 86.3 Å². The van der Waals surface area contributed by atoms with Crippen LogP contribution in [0.5, 0.6) is 0 Å². The van der Waals surface area contributed by atoms with Crippen LogP contribution in [-0.4, -0.2) is 9.85 Å². The van der Waals surface area contributed by atoms with Gasteiger partial charge in [-0.1, -0.05) is 40.2 Å². The highest BCUT2D eigenvalue weighted by atomic mass is 79.9. The molecule has 0 radical (unpaired) electrons. The van der Waals surface area contributed by atoms with E-state index in [-0.39, 0.29) is 16.2 Å². The van der Waals surface area contributed by atoms with Crippen LogP contribution in [0.2, 0.25) is 0 Å². The zero-order chi connectivity index (χ0) is 14.7. The van der Waals surface area contributed by atoms with E-state index in [9.17, 15) is 20.2 Å². The maximum atomic E-state index is 10.8. The van der Waals surface area contributed by atoms with Crippen molar-refractivity contribution < 1.29 is 9.85 Å². The summed E-state index contributed by atoms with van der Waals surface area (Å²) in [7, 11) is 0. The summed E-state index contributed by atoms with van der Waals surface area (Å²) < 4.78 is 0. The highest BCUT2D eigenvalue weighted by molar-refractivity contribution is 9.09. The number of hydrogen-bond donors (Lipinski definition) is 0. The number of halogens is 1. The van der Waals surface area contributed by atoms with Crippen LogP contribution in [-0.2, 0) is 0 Å². The van der Waals surface area contributed by atoms with Crippen LogP contribution >= 0.6 is 15.9 Å². The van der Waals surface area contributed by atoms with Gasteiger partial charge >= 0.3 is 0 Å². The molecule has 2 aromatic rings. The molecule has 0 aliphatic rings. The third-order valence-corrected chi connectivity index (χ3v) is 3.80. The van der Waals surface area contributed by atoms with Crippen molar-refractivity contribution in [3.05, 3.63) is 79.9 Å². The summed E-state index contributed by atoms with van der Waals surface area (Å²) in [4.78, 5) is 20.2. The summed E-state index contributed by atoms with van der Waals surface area (Å²) in [5.74, 6) is 0. The largest absolute Gasteiger partial charge is 0.269 e. The fourth-order valence-corrected chi connectivity index (χ4v) is 2.35. The molecule has 0 saturated heterocycles. The predicted octanol–water partition coefficient (Wildman–Crippen LogP) is 3.99. The molecule has 7 heteroatoms. The van der Waals surface area contributed by atoms with Crippen molar-refractivity contribution in [3.63, 3.8) is 0 Å². The Balaban J connectivity index is 2.38. The van der Waals surface area contributed by atoms with Crippen LogP contribution in [0.4, 0.5) is 11.4 Å². The van der Waals surface area contributed by atoms with Crippen molar-refractivity contribution in [2.24, 2.45) is 0 Å². The summed E-state index contributed by atoms with van der Waals surface area (Å²) in [6, 6.07) is 12.3. The molecule has 0 unspecified atom stereocenters. The lowest BCUT2D eigenvalue weighted by Crippen LogP contribution is -1.96. The first-order valence-electron chi connectivity index (χ1n) is 5.62. The van der Waals surface area contributed by atoms with E-state index in [2.05, 4.69) is 15.9 Å². The fraction of sp³-hybridized carbons (Fsp3) is 0.0769. The van der Waals surface area contributed by atoms with E-state index in [1.807, 2.05) is 0 Å². The van der Waals surface area contributed by atoms with Gasteiger partial charge in [-0.2, -0.15) is 0 Å². The monoisotopic (exact) mass is 336 g/mol. The molecule has 102 valence electrons. The minimum absolute atomic E-state index is 0.0163. The molecule has 0 N–H and O–H groups in total. The van der Waals surface area contributed by atoms with E-state index >= 15 is 0 Å². The normalized spacial score (nSPS) is 10.5. The second-order valence-electron chi connectivity index (χ2n) is 4.07. The zero-order valence-electron chi connectivity index (χ0n) is 10.1. The second-order valence-corrected chi connectivity index (χ2v) is 4.98. The average Bonchev–Trinajstić information content (AvgIpc) is 2.46. The summed E-state index contributed by atoms with van der Waals surface area (Å²) in [6.45, 7) is 0. The molecule has 0 aromatic heterocycles. The van der Waals surface area contributed by atoms with Crippen LogP contribution in [0.15, 0.2) is 48.5 Å². The Morgan fingerprint density at radius 2 is 1.25 bits per heavy atom. The molecule has 0 spiro atoms. The lowest BCUT2D eigenvalue weighted by atomic mass is 10.0. The maximum absolute atomic E-state index is 10.8. The number of rotatable bonds is 4.